The highest BCUT2D eigenvalue weighted by Crippen LogP contribution is 2.22. The zero-order valence-corrected chi connectivity index (χ0v) is 8.87. The number of alkyl halides is 2. The summed E-state index contributed by atoms with van der Waals surface area (Å²) in [6.07, 6.45) is 0.169. The van der Waals surface area contributed by atoms with Gasteiger partial charge in [-0.25, -0.2) is 8.78 Å². The molecule has 2 N–H and O–H groups in total. The molecule has 0 amide bonds. The number of nitrogens with zero attached hydrogens (tertiary/aromatic N) is 1. The third kappa shape index (κ3) is 2.07. The summed E-state index contributed by atoms with van der Waals surface area (Å²) in [5.41, 5.74) is 7.40. The standard InChI is InChI=1S/C12H14F2N2/c13-12(14)8-16-7-9(5-6-15)10-3-1-2-4-11(10)16/h1-4,7,12H,5-6,8,15H2. The largest absolute Gasteiger partial charge is 0.341 e. The van der Waals surface area contributed by atoms with Gasteiger partial charge in [-0.2, -0.15) is 0 Å². The molecule has 0 unspecified atom stereocenters. The summed E-state index contributed by atoms with van der Waals surface area (Å²) in [6.45, 7) is 0.272. The molecule has 0 atom stereocenters. The van der Waals surface area contributed by atoms with E-state index in [1.165, 1.54) is 0 Å². The zero-order chi connectivity index (χ0) is 11.5. The highest BCUT2D eigenvalue weighted by molar-refractivity contribution is 5.84. The second-order valence-electron chi connectivity index (χ2n) is 3.75. The number of aromatic nitrogens is 1. The number of hydrogen-bond acceptors (Lipinski definition) is 1. The lowest BCUT2D eigenvalue weighted by atomic mass is 10.1. The summed E-state index contributed by atoms with van der Waals surface area (Å²) in [4.78, 5) is 0. The van der Waals surface area contributed by atoms with Gasteiger partial charge in [0.15, 0.2) is 0 Å². The van der Waals surface area contributed by atoms with Crippen molar-refractivity contribution in [2.75, 3.05) is 6.54 Å². The van der Waals surface area contributed by atoms with Crippen LogP contribution in [0, 0.1) is 0 Å². The van der Waals surface area contributed by atoms with Crippen molar-refractivity contribution < 1.29 is 8.78 Å². The topological polar surface area (TPSA) is 30.9 Å². The first-order valence-electron chi connectivity index (χ1n) is 5.27. The molecule has 1 aromatic carbocycles. The molecule has 0 aliphatic carbocycles. The quantitative estimate of drug-likeness (QED) is 0.849. The summed E-state index contributed by atoms with van der Waals surface area (Å²) in [5, 5.41) is 1.02. The summed E-state index contributed by atoms with van der Waals surface area (Å²) < 4.78 is 26.4. The number of hydrogen-bond donors (Lipinski definition) is 1. The minimum atomic E-state index is -2.33. The maximum absolute atomic E-state index is 12.4. The lowest BCUT2D eigenvalue weighted by molar-refractivity contribution is 0.128. The fraction of sp³-hybridized carbons (Fsp3) is 0.333. The van der Waals surface area contributed by atoms with Gasteiger partial charge in [0, 0.05) is 17.1 Å². The van der Waals surface area contributed by atoms with Crippen LogP contribution in [0.15, 0.2) is 30.5 Å². The molecule has 0 fully saturated rings. The van der Waals surface area contributed by atoms with E-state index >= 15 is 0 Å². The van der Waals surface area contributed by atoms with Gasteiger partial charge in [0.05, 0.1) is 6.54 Å². The second-order valence-corrected chi connectivity index (χ2v) is 3.75. The molecule has 2 aromatic rings. The van der Waals surface area contributed by atoms with Gasteiger partial charge in [0.25, 0.3) is 6.43 Å². The summed E-state index contributed by atoms with van der Waals surface area (Å²) in [7, 11) is 0. The van der Waals surface area contributed by atoms with Crippen LogP contribution in [0.4, 0.5) is 8.78 Å². The Balaban J connectivity index is 2.48. The van der Waals surface area contributed by atoms with Crippen molar-refractivity contribution in [2.45, 2.75) is 19.4 Å². The first-order chi connectivity index (χ1) is 7.72. The number of halogens is 2. The SMILES string of the molecule is NCCc1cn(CC(F)F)c2ccccc12. The summed E-state index contributed by atoms with van der Waals surface area (Å²) in [5.74, 6) is 0. The molecule has 1 heterocycles. The Morgan fingerprint density at radius 2 is 2.00 bits per heavy atom. The monoisotopic (exact) mass is 224 g/mol. The van der Waals surface area contributed by atoms with Gasteiger partial charge in [-0.05, 0) is 24.6 Å². The Bertz CT molecular complexity index is 477. The Kier molecular flexibility index (Phi) is 3.19. The highest BCUT2D eigenvalue weighted by Gasteiger charge is 2.10. The van der Waals surface area contributed by atoms with E-state index in [9.17, 15) is 8.78 Å². The number of fused-ring (bicyclic) bond motifs is 1. The minimum absolute atomic E-state index is 0.259. The van der Waals surface area contributed by atoms with E-state index in [1.807, 2.05) is 24.3 Å². The smallest absolute Gasteiger partial charge is 0.256 e. The third-order valence-corrected chi connectivity index (χ3v) is 2.62. The summed E-state index contributed by atoms with van der Waals surface area (Å²) in [6, 6.07) is 7.58. The lowest BCUT2D eigenvalue weighted by Crippen LogP contribution is -2.05. The van der Waals surface area contributed by atoms with Crippen molar-refractivity contribution >= 4 is 10.9 Å². The van der Waals surface area contributed by atoms with Crippen molar-refractivity contribution in [1.29, 1.82) is 0 Å². The molecule has 0 bridgehead atoms. The molecule has 16 heavy (non-hydrogen) atoms. The Hall–Kier alpha value is -1.42. The van der Waals surface area contributed by atoms with Gasteiger partial charge in [-0.15, -0.1) is 0 Å². The van der Waals surface area contributed by atoms with Gasteiger partial charge in [0.2, 0.25) is 0 Å². The van der Waals surface area contributed by atoms with Gasteiger partial charge in [-0.3, -0.25) is 0 Å². The molecule has 86 valence electrons. The van der Waals surface area contributed by atoms with Crippen LogP contribution in [0.25, 0.3) is 10.9 Å². The van der Waals surface area contributed by atoms with E-state index in [0.29, 0.717) is 6.54 Å². The second kappa shape index (κ2) is 4.61. The van der Waals surface area contributed by atoms with Crippen LogP contribution in [-0.4, -0.2) is 17.5 Å². The normalized spacial score (nSPS) is 11.5. The van der Waals surface area contributed by atoms with Gasteiger partial charge >= 0.3 is 0 Å². The number of benzene rings is 1. The van der Waals surface area contributed by atoms with Crippen LogP contribution in [0.5, 0.6) is 0 Å². The molecule has 4 heteroatoms. The molecule has 0 saturated carbocycles. The molecule has 1 aromatic heterocycles. The fourth-order valence-corrected chi connectivity index (χ4v) is 1.98. The van der Waals surface area contributed by atoms with Gasteiger partial charge < -0.3 is 10.3 Å². The molecule has 0 radical (unpaired) electrons. The van der Waals surface area contributed by atoms with Crippen LogP contribution >= 0.6 is 0 Å². The van der Waals surface area contributed by atoms with E-state index in [1.54, 1.807) is 10.8 Å². The van der Waals surface area contributed by atoms with Crippen LogP contribution in [0.3, 0.4) is 0 Å². The molecular weight excluding hydrogens is 210 g/mol. The lowest BCUT2D eigenvalue weighted by Gasteiger charge is -2.03. The van der Waals surface area contributed by atoms with E-state index in [-0.39, 0.29) is 6.54 Å². The Morgan fingerprint density at radius 3 is 2.69 bits per heavy atom. The van der Waals surface area contributed by atoms with Crippen molar-refractivity contribution in [3.8, 4) is 0 Å². The Morgan fingerprint density at radius 1 is 1.25 bits per heavy atom. The zero-order valence-electron chi connectivity index (χ0n) is 8.87. The van der Waals surface area contributed by atoms with Gasteiger partial charge in [0.1, 0.15) is 0 Å². The highest BCUT2D eigenvalue weighted by atomic mass is 19.3. The predicted octanol–water partition coefficient (Wildman–Crippen LogP) is 2.41. The number of nitrogens with two attached hydrogens (primary N) is 1. The summed E-state index contributed by atoms with van der Waals surface area (Å²) >= 11 is 0. The van der Waals surface area contributed by atoms with Gasteiger partial charge in [-0.1, -0.05) is 18.2 Å². The van der Waals surface area contributed by atoms with Crippen LogP contribution in [-0.2, 0) is 13.0 Å². The maximum Gasteiger partial charge on any atom is 0.256 e. The third-order valence-electron chi connectivity index (χ3n) is 2.62. The van der Waals surface area contributed by atoms with Crippen LogP contribution in [0.1, 0.15) is 5.56 Å². The maximum atomic E-state index is 12.4. The first-order valence-corrected chi connectivity index (χ1v) is 5.27. The van der Waals surface area contributed by atoms with E-state index in [4.69, 9.17) is 5.73 Å². The molecule has 0 aliphatic heterocycles. The molecule has 0 spiro atoms. The average molecular weight is 224 g/mol. The molecule has 2 nitrogen and oxygen atoms in total. The minimum Gasteiger partial charge on any atom is -0.341 e. The number of rotatable bonds is 4. The fourth-order valence-electron chi connectivity index (χ4n) is 1.98. The Labute approximate surface area is 92.7 Å². The van der Waals surface area contributed by atoms with E-state index in [0.717, 1.165) is 22.9 Å². The van der Waals surface area contributed by atoms with Crippen molar-refractivity contribution in [3.63, 3.8) is 0 Å². The van der Waals surface area contributed by atoms with Crippen molar-refractivity contribution in [3.05, 3.63) is 36.0 Å². The first kappa shape index (κ1) is 11.1. The molecule has 0 aliphatic rings. The van der Waals surface area contributed by atoms with Crippen LogP contribution in [0.2, 0.25) is 0 Å². The van der Waals surface area contributed by atoms with Crippen LogP contribution < -0.4 is 5.73 Å². The molecular formula is C12H14F2N2. The van der Waals surface area contributed by atoms with Crippen molar-refractivity contribution in [2.24, 2.45) is 5.73 Å². The average Bonchev–Trinajstić information content (AvgIpc) is 2.58. The predicted molar refractivity (Wildman–Crippen MR) is 60.7 cm³/mol. The van der Waals surface area contributed by atoms with E-state index < -0.39 is 6.43 Å². The molecule has 2 rings (SSSR count). The van der Waals surface area contributed by atoms with Crippen molar-refractivity contribution in [1.82, 2.24) is 4.57 Å². The van der Waals surface area contributed by atoms with E-state index in [2.05, 4.69) is 0 Å². The number of para-hydroxylation sites is 1. The molecule has 0 saturated heterocycles.